The molecule has 27 heavy (non-hydrogen) atoms. The molecule has 146 valence electrons. The van der Waals surface area contributed by atoms with Gasteiger partial charge < -0.3 is 15.0 Å². The van der Waals surface area contributed by atoms with Crippen LogP contribution in [0.15, 0.2) is 30.5 Å². The molecule has 0 amide bonds. The number of aromatic nitrogens is 2. The van der Waals surface area contributed by atoms with Crippen LogP contribution < -0.4 is 10.1 Å². The molecule has 0 atom stereocenters. The second kappa shape index (κ2) is 10.4. The Kier molecular flexibility index (Phi) is 7.88. The van der Waals surface area contributed by atoms with E-state index >= 15 is 0 Å². The van der Waals surface area contributed by atoms with Gasteiger partial charge in [0.25, 0.3) is 0 Å². The number of nitrogens with zero attached hydrogens (tertiary/aromatic N) is 3. The van der Waals surface area contributed by atoms with Crippen LogP contribution in [0.2, 0.25) is 10.0 Å². The SMILES string of the molecule is CSCc1nccc(NCCN2CCC(Oc3ccc(Cl)c(Cl)c3)CC2)n1. The number of likely N-dealkylation sites (tertiary alicyclic amines) is 1. The van der Waals surface area contributed by atoms with Crippen LogP contribution in [0.4, 0.5) is 5.82 Å². The quantitative estimate of drug-likeness (QED) is 0.665. The molecule has 1 aromatic carbocycles. The summed E-state index contributed by atoms with van der Waals surface area (Å²) >= 11 is 13.7. The molecule has 1 N–H and O–H groups in total. The fourth-order valence-electron chi connectivity index (χ4n) is 3.03. The van der Waals surface area contributed by atoms with Gasteiger partial charge in [0.1, 0.15) is 23.5 Å². The van der Waals surface area contributed by atoms with E-state index in [9.17, 15) is 0 Å². The van der Waals surface area contributed by atoms with Crippen LogP contribution in [0.5, 0.6) is 5.75 Å². The third-order valence-corrected chi connectivity index (χ3v) is 5.73. The van der Waals surface area contributed by atoms with Crippen molar-refractivity contribution in [3.63, 3.8) is 0 Å². The summed E-state index contributed by atoms with van der Waals surface area (Å²) in [6.45, 7) is 3.90. The van der Waals surface area contributed by atoms with E-state index in [-0.39, 0.29) is 6.10 Å². The smallest absolute Gasteiger partial charge is 0.140 e. The maximum Gasteiger partial charge on any atom is 0.140 e. The molecule has 1 saturated heterocycles. The zero-order valence-electron chi connectivity index (χ0n) is 15.3. The number of rotatable bonds is 8. The van der Waals surface area contributed by atoms with Gasteiger partial charge in [0, 0.05) is 38.4 Å². The van der Waals surface area contributed by atoms with E-state index in [1.54, 1.807) is 23.9 Å². The van der Waals surface area contributed by atoms with Gasteiger partial charge in [-0.25, -0.2) is 9.97 Å². The lowest BCUT2D eigenvalue weighted by Crippen LogP contribution is -2.40. The minimum absolute atomic E-state index is 0.224. The molecule has 1 aliphatic rings. The highest BCUT2D eigenvalue weighted by Gasteiger charge is 2.20. The maximum absolute atomic E-state index is 6.05. The normalized spacial score (nSPS) is 15.7. The average molecular weight is 427 g/mol. The summed E-state index contributed by atoms with van der Waals surface area (Å²) < 4.78 is 6.05. The van der Waals surface area contributed by atoms with E-state index in [0.717, 1.165) is 62.2 Å². The van der Waals surface area contributed by atoms with Crippen molar-refractivity contribution in [2.75, 3.05) is 37.8 Å². The highest BCUT2D eigenvalue weighted by atomic mass is 35.5. The van der Waals surface area contributed by atoms with Gasteiger partial charge in [0.05, 0.1) is 15.8 Å². The fraction of sp³-hybridized carbons (Fsp3) is 0.474. The van der Waals surface area contributed by atoms with Crippen molar-refractivity contribution < 1.29 is 4.74 Å². The molecule has 0 saturated carbocycles. The Bertz CT molecular complexity index is 741. The Morgan fingerprint density at radius 3 is 2.78 bits per heavy atom. The summed E-state index contributed by atoms with van der Waals surface area (Å²) in [6, 6.07) is 7.35. The monoisotopic (exact) mass is 426 g/mol. The van der Waals surface area contributed by atoms with E-state index < -0.39 is 0 Å². The Morgan fingerprint density at radius 2 is 2.04 bits per heavy atom. The maximum atomic E-state index is 6.05. The van der Waals surface area contributed by atoms with Crippen LogP contribution in [0.1, 0.15) is 18.7 Å². The largest absolute Gasteiger partial charge is 0.490 e. The Labute approximate surface area is 174 Å². The molecule has 2 heterocycles. The molecule has 1 fully saturated rings. The van der Waals surface area contributed by atoms with Gasteiger partial charge in [-0.15, -0.1) is 0 Å². The highest BCUT2D eigenvalue weighted by Crippen LogP contribution is 2.28. The summed E-state index contributed by atoms with van der Waals surface area (Å²) in [4.78, 5) is 11.2. The summed E-state index contributed by atoms with van der Waals surface area (Å²) in [5, 5.41) is 4.47. The van der Waals surface area contributed by atoms with Crippen molar-refractivity contribution in [3.8, 4) is 5.75 Å². The van der Waals surface area contributed by atoms with Crippen molar-refractivity contribution in [3.05, 3.63) is 46.3 Å². The number of ether oxygens (including phenoxy) is 1. The lowest BCUT2D eigenvalue weighted by Gasteiger charge is -2.32. The number of benzene rings is 1. The molecule has 0 unspecified atom stereocenters. The molecule has 8 heteroatoms. The van der Waals surface area contributed by atoms with Gasteiger partial charge in [-0.05, 0) is 37.3 Å². The highest BCUT2D eigenvalue weighted by molar-refractivity contribution is 7.97. The third kappa shape index (κ3) is 6.42. The number of piperidine rings is 1. The lowest BCUT2D eigenvalue weighted by atomic mass is 10.1. The average Bonchev–Trinajstić information content (AvgIpc) is 2.67. The first-order chi connectivity index (χ1) is 13.1. The first-order valence-corrected chi connectivity index (χ1v) is 11.2. The topological polar surface area (TPSA) is 50.3 Å². The summed E-state index contributed by atoms with van der Waals surface area (Å²) in [5.41, 5.74) is 0. The minimum atomic E-state index is 0.224. The number of hydrogen-bond acceptors (Lipinski definition) is 6. The number of halogens is 2. The number of hydrogen-bond donors (Lipinski definition) is 1. The fourth-order valence-corrected chi connectivity index (χ4v) is 3.72. The zero-order chi connectivity index (χ0) is 19.1. The zero-order valence-corrected chi connectivity index (χ0v) is 17.7. The second-order valence-electron chi connectivity index (χ2n) is 6.45. The molecule has 0 bridgehead atoms. The van der Waals surface area contributed by atoms with Gasteiger partial charge >= 0.3 is 0 Å². The van der Waals surface area contributed by atoms with Crippen LogP contribution in [-0.4, -0.2) is 53.4 Å². The predicted octanol–water partition coefficient (Wildman–Crippen LogP) is 4.60. The standard InChI is InChI=1S/C19H24Cl2N4OS/c1-27-13-19-22-7-4-18(24-19)23-8-11-25-9-5-14(6-10-25)26-15-2-3-16(20)17(21)12-15/h2-4,7,12,14H,5-6,8-11,13H2,1H3,(H,22,23,24). The van der Waals surface area contributed by atoms with Gasteiger partial charge in [-0.2, -0.15) is 11.8 Å². The summed E-state index contributed by atoms with van der Waals surface area (Å²) in [5.74, 6) is 3.39. The van der Waals surface area contributed by atoms with Gasteiger partial charge in [0.2, 0.25) is 0 Å². The van der Waals surface area contributed by atoms with Crippen molar-refractivity contribution in [2.45, 2.75) is 24.7 Å². The Morgan fingerprint density at radius 1 is 1.22 bits per heavy atom. The van der Waals surface area contributed by atoms with Crippen LogP contribution >= 0.6 is 35.0 Å². The second-order valence-corrected chi connectivity index (χ2v) is 8.13. The molecule has 0 radical (unpaired) electrons. The van der Waals surface area contributed by atoms with E-state index in [2.05, 4.69) is 26.4 Å². The summed E-state index contributed by atoms with van der Waals surface area (Å²) in [7, 11) is 0. The van der Waals surface area contributed by atoms with Crippen molar-refractivity contribution >= 4 is 40.8 Å². The van der Waals surface area contributed by atoms with E-state index in [4.69, 9.17) is 27.9 Å². The van der Waals surface area contributed by atoms with E-state index in [1.165, 1.54) is 0 Å². The molecule has 2 aromatic rings. The van der Waals surface area contributed by atoms with Crippen molar-refractivity contribution in [1.82, 2.24) is 14.9 Å². The number of anilines is 1. The van der Waals surface area contributed by atoms with Gasteiger partial charge in [0.15, 0.2) is 0 Å². The summed E-state index contributed by atoms with van der Waals surface area (Å²) in [6.07, 6.45) is 6.10. The van der Waals surface area contributed by atoms with Crippen molar-refractivity contribution in [1.29, 1.82) is 0 Å². The van der Waals surface area contributed by atoms with Crippen LogP contribution in [-0.2, 0) is 5.75 Å². The molecule has 1 aromatic heterocycles. The van der Waals surface area contributed by atoms with E-state index in [0.29, 0.717) is 10.0 Å². The molecule has 3 rings (SSSR count). The van der Waals surface area contributed by atoms with Gasteiger partial charge in [-0.1, -0.05) is 23.2 Å². The molecular formula is C19H24Cl2N4OS. The minimum Gasteiger partial charge on any atom is -0.490 e. The molecular weight excluding hydrogens is 403 g/mol. The molecule has 1 aliphatic heterocycles. The van der Waals surface area contributed by atoms with Crippen LogP contribution in [0.25, 0.3) is 0 Å². The van der Waals surface area contributed by atoms with E-state index in [1.807, 2.05) is 18.3 Å². The molecule has 5 nitrogen and oxygen atoms in total. The number of nitrogens with one attached hydrogen (secondary N) is 1. The van der Waals surface area contributed by atoms with Crippen molar-refractivity contribution in [2.24, 2.45) is 0 Å². The Hall–Kier alpha value is -1.21. The first kappa shape index (κ1) is 20.5. The molecule has 0 aliphatic carbocycles. The Balaban J connectivity index is 1.38. The van der Waals surface area contributed by atoms with Crippen LogP contribution in [0.3, 0.4) is 0 Å². The third-order valence-electron chi connectivity index (χ3n) is 4.44. The predicted molar refractivity (Wildman–Crippen MR) is 114 cm³/mol. The van der Waals surface area contributed by atoms with Crippen LogP contribution in [0, 0.1) is 0 Å². The first-order valence-electron chi connectivity index (χ1n) is 9.03. The lowest BCUT2D eigenvalue weighted by molar-refractivity contribution is 0.103. The van der Waals surface area contributed by atoms with Gasteiger partial charge in [-0.3, -0.25) is 0 Å². The molecule has 0 spiro atoms. The number of thioether (sulfide) groups is 1.